The quantitative estimate of drug-likeness (QED) is 0.696. The molecule has 0 aliphatic heterocycles. The van der Waals surface area contributed by atoms with E-state index < -0.39 is 17.6 Å². The number of nitriles is 1. The van der Waals surface area contributed by atoms with Gasteiger partial charge >= 0.3 is 5.97 Å². The molecule has 0 saturated heterocycles. The van der Waals surface area contributed by atoms with Gasteiger partial charge in [0.05, 0.1) is 17.2 Å². The Morgan fingerprint density at radius 2 is 2.00 bits per heavy atom. The molecule has 0 aliphatic carbocycles. The molecule has 2 aromatic rings. The lowest BCUT2D eigenvalue weighted by Gasteiger charge is -2.07. The molecule has 2 aromatic carbocycles. The number of benzene rings is 2. The third-order valence-electron chi connectivity index (χ3n) is 2.69. The van der Waals surface area contributed by atoms with E-state index in [-0.39, 0.29) is 29.0 Å². The standard InChI is InChI=1S/C15H10F2N2O2/c16-12-4-10(5-13(19)6-12)15(20)21-8-11-3-9(7-18)1-2-14(11)17/h1-6H,8,19H2. The van der Waals surface area contributed by atoms with Gasteiger partial charge in [0.2, 0.25) is 0 Å². The summed E-state index contributed by atoms with van der Waals surface area (Å²) in [6.45, 7) is -0.364. The van der Waals surface area contributed by atoms with E-state index in [1.54, 1.807) is 0 Å². The first-order chi connectivity index (χ1) is 9.99. The van der Waals surface area contributed by atoms with E-state index in [0.29, 0.717) is 0 Å². The van der Waals surface area contributed by atoms with Crippen LogP contribution in [0.1, 0.15) is 21.5 Å². The van der Waals surface area contributed by atoms with Crippen LogP contribution in [0.15, 0.2) is 36.4 Å². The summed E-state index contributed by atoms with van der Waals surface area (Å²) in [7, 11) is 0. The van der Waals surface area contributed by atoms with E-state index >= 15 is 0 Å². The Hall–Kier alpha value is -2.94. The zero-order chi connectivity index (χ0) is 15.4. The maximum atomic E-state index is 13.5. The second kappa shape index (κ2) is 6.01. The maximum Gasteiger partial charge on any atom is 0.338 e. The van der Waals surface area contributed by atoms with Gasteiger partial charge in [0, 0.05) is 11.3 Å². The molecule has 0 spiro atoms. The van der Waals surface area contributed by atoms with Crippen LogP contribution in [0.25, 0.3) is 0 Å². The van der Waals surface area contributed by atoms with Crippen molar-refractivity contribution < 1.29 is 18.3 Å². The minimum Gasteiger partial charge on any atom is -0.457 e. The molecule has 0 atom stereocenters. The summed E-state index contributed by atoms with van der Waals surface area (Å²) >= 11 is 0. The molecule has 0 fully saturated rings. The van der Waals surface area contributed by atoms with E-state index in [2.05, 4.69) is 0 Å². The predicted molar refractivity (Wildman–Crippen MR) is 71.0 cm³/mol. The van der Waals surface area contributed by atoms with Crippen molar-refractivity contribution in [1.82, 2.24) is 0 Å². The lowest BCUT2D eigenvalue weighted by Crippen LogP contribution is -2.07. The van der Waals surface area contributed by atoms with Gasteiger partial charge in [0.1, 0.15) is 18.2 Å². The highest BCUT2D eigenvalue weighted by Crippen LogP contribution is 2.15. The number of nitrogen functional groups attached to an aromatic ring is 1. The first-order valence-corrected chi connectivity index (χ1v) is 5.91. The van der Waals surface area contributed by atoms with Crippen molar-refractivity contribution in [3.8, 4) is 6.07 Å². The molecule has 106 valence electrons. The average molecular weight is 288 g/mol. The van der Waals surface area contributed by atoms with Crippen LogP contribution in [0.5, 0.6) is 0 Å². The van der Waals surface area contributed by atoms with Crippen molar-refractivity contribution in [2.45, 2.75) is 6.61 Å². The van der Waals surface area contributed by atoms with Gasteiger partial charge in [0.15, 0.2) is 0 Å². The van der Waals surface area contributed by atoms with E-state index in [4.69, 9.17) is 15.7 Å². The van der Waals surface area contributed by atoms with Crippen LogP contribution in [0.3, 0.4) is 0 Å². The van der Waals surface area contributed by atoms with Gasteiger partial charge < -0.3 is 10.5 Å². The number of rotatable bonds is 3. The third kappa shape index (κ3) is 3.54. The van der Waals surface area contributed by atoms with Gasteiger partial charge in [-0.05, 0) is 36.4 Å². The number of esters is 1. The summed E-state index contributed by atoms with van der Waals surface area (Å²) in [5.41, 5.74) is 5.75. The van der Waals surface area contributed by atoms with Crippen molar-refractivity contribution in [2.75, 3.05) is 5.73 Å². The number of halogens is 2. The highest BCUT2D eigenvalue weighted by Gasteiger charge is 2.12. The molecular weight excluding hydrogens is 278 g/mol. The Labute approximate surface area is 119 Å². The minimum absolute atomic E-state index is 0.0618. The highest BCUT2D eigenvalue weighted by atomic mass is 19.1. The van der Waals surface area contributed by atoms with Gasteiger partial charge in [-0.1, -0.05) is 0 Å². The smallest absolute Gasteiger partial charge is 0.338 e. The SMILES string of the molecule is N#Cc1ccc(F)c(COC(=O)c2cc(N)cc(F)c2)c1. The van der Waals surface area contributed by atoms with Crippen LogP contribution in [0.2, 0.25) is 0 Å². The van der Waals surface area contributed by atoms with Crippen LogP contribution >= 0.6 is 0 Å². The van der Waals surface area contributed by atoms with Crippen molar-refractivity contribution >= 4 is 11.7 Å². The van der Waals surface area contributed by atoms with Crippen LogP contribution in [0.4, 0.5) is 14.5 Å². The van der Waals surface area contributed by atoms with Gasteiger partial charge in [0.25, 0.3) is 0 Å². The average Bonchev–Trinajstić information content (AvgIpc) is 2.45. The zero-order valence-electron chi connectivity index (χ0n) is 10.8. The Bertz CT molecular complexity index is 719. The van der Waals surface area contributed by atoms with E-state index in [1.165, 1.54) is 18.2 Å². The first kappa shape index (κ1) is 14.5. The third-order valence-corrected chi connectivity index (χ3v) is 2.69. The molecule has 21 heavy (non-hydrogen) atoms. The summed E-state index contributed by atoms with van der Waals surface area (Å²) in [5.74, 6) is -2.09. The molecular formula is C15H10F2N2O2. The fourth-order valence-corrected chi connectivity index (χ4v) is 1.71. The number of carbonyl (C=O) groups is 1. The molecule has 0 unspecified atom stereocenters. The monoisotopic (exact) mass is 288 g/mol. The fraction of sp³-hybridized carbons (Fsp3) is 0.0667. The summed E-state index contributed by atoms with van der Waals surface area (Å²) in [6, 6.07) is 8.86. The second-order valence-electron chi connectivity index (χ2n) is 4.27. The Morgan fingerprint density at radius 3 is 2.67 bits per heavy atom. The van der Waals surface area contributed by atoms with Crippen LogP contribution < -0.4 is 5.73 Å². The normalized spacial score (nSPS) is 9.95. The summed E-state index contributed by atoms with van der Waals surface area (Å²) in [5, 5.41) is 8.73. The van der Waals surface area contributed by atoms with Crippen LogP contribution in [-0.4, -0.2) is 5.97 Å². The molecule has 0 saturated carbocycles. The number of carbonyl (C=O) groups excluding carboxylic acids is 1. The van der Waals surface area contributed by atoms with Crippen molar-refractivity contribution in [2.24, 2.45) is 0 Å². The molecule has 4 nitrogen and oxygen atoms in total. The Morgan fingerprint density at radius 1 is 1.24 bits per heavy atom. The molecule has 6 heteroatoms. The molecule has 0 amide bonds. The fourth-order valence-electron chi connectivity index (χ4n) is 1.71. The number of hydrogen-bond donors (Lipinski definition) is 1. The lowest BCUT2D eigenvalue weighted by molar-refractivity contribution is 0.0468. The number of nitrogens with zero attached hydrogens (tertiary/aromatic N) is 1. The first-order valence-electron chi connectivity index (χ1n) is 5.91. The largest absolute Gasteiger partial charge is 0.457 e. The van der Waals surface area contributed by atoms with Gasteiger partial charge in [-0.25, -0.2) is 13.6 Å². The van der Waals surface area contributed by atoms with Crippen molar-refractivity contribution in [1.29, 1.82) is 5.26 Å². The summed E-state index contributed by atoms with van der Waals surface area (Å²) in [4.78, 5) is 11.8. The van der Waals surface area contributed by atoms with E-state index in [0.717, 1.165) is 18.2 Å². The molecule has 2 rings (SSSR count). The van der Waals surface area contributed by atoms with Gasteiger partial charge in [-0.2, -0.15) is 5.26 Å². The van der Waals surface area contributed by atoms with Crippen molar-refractivity contribution in [3.05, 3.63) is 64.7 Å². The molecule has 0 aliphatic rings. The van der Waals surface area contributed by atoms with Crippen molar-refractivity contribution in [3.63, 3.8) is 0 Å². The Balaban J connectivity index is 2.13. The van der Waals surface area contributed by atoms with Crippen LogP contribution in [-0.2, 0) is 11.3 Å². The summed E-state index contributed by atoms with van der Waals surface area (Å²) in [6.07, 6.45) is 0. The van der Waals surface area contributed by atoms with Crippen LogP contribution in [0, 0.1) is 23.0 Å². The second-order valence-corrected chi connectivity index (χ2v) is 4.27. The van der Waals surface area contributed by atoms with Gasteiger partial charge in [-0.15, -0.1) is 0 Å². The number of ether oxygens (including phenoxy) is 1. The number of anilines is 1. The highest BCUT2D eigenvalue weighted by molar-refractivity contribution is 5.90. The minimum atomic E-state index is -0.831. The summed E-state index contributed by atoms with van der Waals surface area (Å²) < 4.78 is 31.5. The topological polar surface area (TPSA) is 76.1 Å². The molecule has 0 bridgehead atoms. The predicted octanol–water partition coefficient (Wildman–Crippen LogP) is 2.78. The molecule has 0 radical (unpaired) electrons. The Kier molecular flexibility index (Phi) is 4.14. The molecule has 0 heterocycles. The molecule has 0 aromatic heterocycles. The number of nitrogens with two attached hydrogens (primary N) is 1. The van der Waals surface area contributed by atoms with E-state index in [1.807, 2.05) is 6.07 Å². The maximum absolute atomic E-state index is 13.5. The van der Waals surface area contributed by atoms with Gasteiger partial charge in [-0.3, -0.25) is 0 Å². The zero-order valence-corrected chi connectivity index (χ0v) is 10.8. The lowest BCUT2D eigenvalue weighted by atomic mass is 10.1. The number of hydrogen-bond acceptors (Lipinski definition) is 4. The molecule has 2 N–H and O–H groups in total. The van der Waals surface area contributed by atoms with E-state index in [9.17, 15) is 13.6 Å².